The van der Waals surface area contributed by atoms with Crippen molar-refractivity contribution in [3.05, 3.63) is 64.1 Å². The Balaban J connectivity index is 2.21. The molecule has 0 saturated carbocycles. The maximum atomic E-state index is 12.6. The maximum Gasteiger partial charge on any atom is 0.274 e. The average Bonchev–Trinajstić information content (AvgIpc) is 2.57. The summed E-state index contributed by atoms with van der Waals surface area (Å²) < 4.78 is 1.31. The number of nitrogens with zero attached hydrogens (tertiary/aromatic N) is 3. The highest BCUT2D eigenvalue weighted by atomic mass is 16.2. The lowest BCUT2D eigenvalue weighted by Gasteiger charge is -2.28. The Kier molecular flexibility index (Phi) is 5.51. The van der Waals surface area contributed by atoms with E-state index in [4.69, 9.17) is 5.73 Å². The minimum Gasteiger partial charge on any atom is -0.340 e. The molecule has 1 aromatic carbocycles. The molecule has 0 fully saturated rings. The Morgan fingerprint density at radius 2 is 1.88 bits per heavy atom. The normalized spacial score (nSPS) is 11.3. The van der Waals surface area contributed by atoms with Gasteiger partial charge in [-0.05, 0) is 23.6 Å². The predicted octanol–water partition coefficient (Wildman–Crippen LogP) is 1.35. The molecular weight excluding hydrogens is 304 g/mol. The lowest BCUT2D eigenvalue weighted by atomic mass is 9.93. The fourth-order valence-electron chi connectivity index (χ4n) is 2.41. The number of aromatic nitrogens is 2. The molecule has 2 N–H and O–H groups in total. The van der Waals surface area contributed by atoms with Crippen LogP contribution < -0.4 is 11.3 Å². The van der Waals surface area contributed by atoms with Gasteiger partial charge in [0.2, 0.25) is 0 Å². The zero-order valence-electron chi connectivity index (χ0n) is 14.4. The van der Waals surface area contributed by atoms with Gasteiger partial charge in [0.05, 0.1) is 6.54 Å². The van der Waals surface area contributed by atoms with Crippen LogP contribution in [0.4, 0.5) is 0 Å². The minimum atomic E-state index is -0.236. The molecule has 6 heteroatoms. The van der Waals surface area contributed by atoms with Crippen LogP contribution in [0.2, 0.25) is 0 Å². The maximum absolute atomic E-state index is 12.6. The van der Waals surface area contributed by atoms with E-state index >= 15 is 0 Å². The summed E-state index contributed by atoms with van der Waals surface area (Å²) in [5, 5.41) is 4.23. The largest absolute Gasteiger partial charge is 0.340 e. The first-order chi connectivity index (χ1) is 11.3. The van der Waals surface area contributed by atoms with Gasteiger partial charge < -0.3 is 10.6 Å². The highest BCUT2D eigenvalue weighted by molar-refractivity contribution is 5.91. The third kappa shape index (κ3) is 4.52. The second-order valence-corrected chi connectivity index (χ2v) is 6.73. The summed E-state index contributed by atoms with van der Waals surface area (Å²) in [6.45, 7) is 5.33. The van der Waals surface area contributed by atoms with Crippen LogP contribution in [0.1, 0.15) is 29.9 Å². The van der Waals surface area contributed by atoms with Crippen molar-refractivity contribution in [3.63, 3.8) is 0 Å². The van der Waals surface area contributed by atoms with E-state index in [2.05, 4.69) is 5.10 Å². The highest BCUT2D eigenvalue weighted by Crippen LogP contribution is 2.15. The van der Waals surface area contributed by atoms with Gasteiger partial charge in [-0.15, -0.1) is 0 Å². The third-order valence-electron chi connectivity index (χ3n) is 3.83. The smallest absolute Gasteiger partial charge is 0.274 e. The van der Waals surface area contributed by atoms with Gasteiger partial charge in [-0.2, -0.15) is 5.10 Å². The number of carbonyl (C=O) groups excluding carboxylic acids is 1. The number of carbonyl (C=O) groups is 1. The first-order valence-corrected chi connectivity index (χ1v) is 7.90. The van der Waals surface area contributed by atoms with Crippen molar-refractivity contribution < 1.29 is 4.79 Å². The Morgan fingerprint density at radius 1 is 1.21 bits per heavy atom. The van der Waals surface area contributed by atoms with Crippen molar-refractivity contribution >= 4 is 5.91 Å². The van der Waals surface area contributed by atoms with E-state index in [1.54, 1.807) is 11.9 Å². The monoisotopic (exact) mass is 328 g/mol. The molecule has 0 aliphatic heterocycles. The number of hydrogen-bond acceptors (Lipinski definition) is 4. The molecule has 0 aliphatic rings. The van der Waals surface area contributed by atoms with Crippen molar-refractivity contribution in [2.45, 2.75) is 20.4 Å². The average molecular weight is 328 g/mol. The summed E-state index contributed by atoms with van der Waals surface area (Å²) in [6.07, 6.45) is 0. The quantitative estimate of drug-likeness (QED) is 0.868. The van der Waals surface area contributed by atoms with Crippen LogP contribution in [0.15, 0.2) is 47.3 Å². The molecule has 0 bridgehead atoms. The molecule has 1 amide bonds. The minimum absolute atomic E-state index is 0.178. The van der Waals surface area contributed by atoms with E-state index in [0.29, 0.717) is 19.6 Å². The van der Waals surface area contributed by atoms with Crippen LogP contribution in [0, 0.1) is 5.41 Å². The highest BCUT2D eigenvalue weighted by Gasteiger charge is 2.23. The first kappa shape index (κ1) is 17.9. The molecule has 1 heterocycles. The number of amides is 1. The Morgan fingerprint density at radius 3 is 2.50 bits per heavy atom. The van der Waals surface area contributed by atoms with E-state index in [0.717, 1.165) is 5.56 Å². The van der Waals surface area contributed by atoms with Gasteiger partial charge in [0.15, 0.2) is 0 Å². The van der Waals surface area contributed by atoms with Gasteiger partial charge in [0, 0.05) is 19.7 Å². The van der Waals surface area contributed by atoms with E-state index < -0.39 is 0 Å². The first-order valence-electron chi connectivity index (χ1n) is 7.90. The lowest BCUT2D eigenvalue weighted by molar-refractivity contribution is 0.0732. The van der Waals surface area contributed by atoms with Gasteiger partial charge >= 0.3 is 0 Å². The summed E-state index contributed by atoms with van der Waals surface area (Å²) in [6, 6.07) is 12.4. The molecule has 2 aromatic rings. The summed E-state index contributed by atoms with van der Waals surface area (Å²) in [5.41, 5.74) is 6.51. The molecule has 0 radical (unpaired) electrons. The van der Waals surface area contributed by atoms with E-state index in [1.165, 1.54) is 16.8 Å². The van der Waals surface area contributed by atoms with Gasteiger partial charge in [-0.3, -0.25) is 9.59 Å². The van der Waals surface area contributed by atoms with E-state index in [-0.39, 0.29) is 22.6 Å². The molecule has 0 atom stereocenters. The van der Waals surface area contributed by atoms with E-state index in [9.17, 15) is 9.59 Å². The molecule has 128 valence electrons. The van der Waals surface area contributed by atoms with Crippen LogP contribution >= 0.6 is 0 Å². The van der Waals surface area contributed by atoms with Crippen molar-refractivity contribution in [1.82, 2.24) is 14.7 Å². The van der Waals surface area contributed by atoms with Gasteiger partial charge in [0.25, 0.3) is 11.5 Å². The summed E-state index contributed by atoms with van der Waals surface area (Å²) in [7, 11) is 1.72. The SMILES string of the molecule is CN(CC(C)(C)CN)C(=O)c1ccc(=O)n(Cc2ccccc2)n1. The molecule has 0 saturated heterocycles. The molecular formula is C18H24N4O2. The number of benzene rings is 1. The van der Waals surface area contributed by atoms with Gasteiger partial charge in [-0.25, -0.2) is 4.68 Å². The Labute approximate surface area is 141 Å². The zero-order chi connectivity index (χ0) is 17.7. The molecule has 0 aliphatic carbocycles. The summed E-state index contributed by atoms with van der Waals surface area (Å²) in [5.74, 6) is -0.224. The molecule has 1 aromatic heterocycles. The predicted molar refractivity (Wildman–Crippen MR) is 93.8 cm³/mol. The van der Waals surface area contributed by atoms with Crippen LogP contribution in [-0.2, 0) is 6.54 Å². The topological polar surface area (TPSA) is 81.2 Å². The van der Waals surface area contributed by atoms with Crippen LogP contribution in [0.25, 0.3) is 0 Å². The Bertz CT molecular complexity index is 753. The van der Waals surface area contributed by atoms with Crippen molar-refractivity contribution in [2.24, 2.45) is 11.1 Å². The second-order valence-electron chi connectivity index (χ2n) is 6.73. The standard InChI is InChI=1S/C18H24N4O2/c1-18(2,12-19)13-21(3)17(24)15-9-10-16(23)22(20-15)11-14-7-5-4-6-8-14/h4-10H,11-13,19H2,1-3H3. The molecule has 6 nitrogen and oxygen atoms in total. The lowest BCUT2D eigenvalue weighted by Crippen LogP contribution is -2.40. The number of rotatable bonds is 6. The fraction of sp³-hybridized carbons (Fsp3) is 0.389. The summed E-state index contributed by atoms with van der Waals surface area (Å²) >= 11 is 0. The zero-order valence-corrected chi connectivity index (χ0v) is 14.4. The fourth-order valence-corrected chi connectivity index (χ4v) is 2.41. The third-order valence-corrected chi connectivity index (χ3v) is 3.83. The van der Waals surface area contributed by atoms with E-state index in [1.807, 2.05) is 44.2 Å². The molecule has 0 unspecified atom stereocenters. The number of hydrogen-bond donors (Lipinski definition) is 1. The summed E-state index contributed by atoms with van der Waals surface area (Å²) in [4.78, 5) is 26.2. The van der Waals surface area contributed by atoms with Crippen molar-refractivity contribution in [2.75, 3.05) is 20.1 Å². The number of nitrogens with two attached hydrogens (primary N) is 1. The van der Waals surface area contributed by atoms with Crippen LogP contribution in [-0.4, -0.2) is 40.7 Å². The van der Waals surface area contributed by atoms with Crippen molar-refractivity contribution in [3.8, 4) is 0 Å². The molecule has 2 rings (SSSR count). The second kappa shape index (κ2) is 7.40. The molecule has 24 heavy (non-hydrogen) atoms. The molecule has 0 spiro atoms. The van der Waals surface area contributed by atoms with Crippen LogP contribution in [0.3, 0.4) is 0 Å². The van der Waals surface area contributed by atoms with Crippen molar-refractivity contribution in [1.29, 1.82) is 0 Å². The Hall–Kier alpha value is -2.47. The van der Waals surface area contributed by atoms with Gasteiger partial charge in [0.1, 0.15) is 5.69 Å². The van der Waals surface area contributed by atoms with Crippen LogP contribution in [0.5, 0.6) is 0 Å². The van der Waals surface area contributed by atoms with Gasteiger partial charge in [-0.1, -0.05) is 44.2 Å².